The first-order valence-electron chi connectivity index (χ1n) is 9.49. The third-order valence-electron chi connectivity index (χ3n) is 5.93. The summed E-state index contributed by atoms with van der Waals surface area (Å²) in [6.07, 6.45) is 5.73. The highest BCUT2D eigenvalue weighted by Gasteiger charge is 2.33. The van der Waals surface area contributed by atoms with Gasteiger partial charge in [0.2, 0.25) is 0 Å². The van der Waals surface area contributed by atoms with Gasteiger partial charge in [-0.1, -0.05) is 25.1 Å². The monoisotopic (exact) mass is 341 g/mol. The Bertz CT molecular complexity index is 761. The second-order valence-corrected chi connectivity index (χ2v) is 7.29. The molecular weight excluding hydrogens is 314 g/mol. The quantitative estimate of drug-likeness (QED) is 0.901. The van der Waals surface area contributed by atoms with Crippen molar-refractivity contribution in [3.63, 3.8) is 0 Å². The van der Waals surface area contributed by atoms with Crippen LogP contribution in [0.2, 0.25) is 0 Å². The Morgan fingerprint density at radius 2 is 2.04 bits per heavy atom. The third-order valence-corrected chi connectivity index (χ3v) is 5.93. The Morgan fingerprint density at radius 3 is 2.72 bits per heavy atom. The zero-order valence-corrected chi connectivity index (χ0v) is 14.9. The molecule has 25 heavy (non-hydrogen) atoms. The van der Waals surface area contributed by atoms with Crippen molar-refractivity contribution in [2.24, 2.45) is 0 Å². The molecule has 2 fully saturated rings. The number of aryl methyl sites for hydroxylation is 1. The number of rotatable bonds is 3. The summed E-state index contributed by atoms with van der Waals surface area (Å²) in [7, 11) is 0. The maximum Gasteiger partial charge on any atom is 0.256 e. The number of aromatic amines is 1. The minimum atomic E-state index is -0.191. The molecule has 5 heteroatoms. The van der Waals surface area contributed by atoms with Gasteiger partial charge in [0.25, 0.3) is 5.91 Å². The predicted octanol–water partition coefficient (Wildman–Crippen LogP) is 2.40. The second kappa shape index (κ2) is 6.81. The normalized spacial score (nSPS) is 25.0. The predicted molar refractivity (Wildman–Crippen MR) is 98.8 cm³/mol. The summed E-state index contributed by atoms with van der Waals surface area (Å²) in [5.74, 6) is 0.117. The average Bonchev–Trinajstić information content (AvgIpc) is 3.27. The fourth-order valence-corrected chi connectivity index (χ4v) is 4.46. The molecule has 1 aliphatic heterocycles. The zero-order chi connectivity index (χ0) is 17.4. The maximum atomic E-state index is 13.0. The molecular formula is C20H27N3O2. The number of aliphatic hydroxyl groups is 1. The van der Waals surface area contributed by atoms with Crippen LogP contribution >= 0.6 is 0 Å². The van der Waals surface area contributed by atoms with Crippen LogP contribution in [-0.2, 0) is 6.42 Å². The van der Waals surface area contributed by atoms with Crippen LogP contribution < -0.4 is 0 Å². The number of carbonyl (C=O) groups is 1. The summed E-state index contributed by atoms with van der Waals surface area (Å²) < 4.78 is 0. The van der Waals surface area contributed by atoms with E-state index in [4.69, 9.17) is 0 Å². The first-order valence-corrected chi connectivity index (χ1v) is 9.49. The maximum absolute atomic E-state index is 13.0. The summed E-state index contributed by atoms with van der Waals surface area (Å²) in [5, 5.41) is 11.1. The Hall–Kier alpha value is -1.85. The van der Waals surface area contributed by atoms with Gasteiger partial charge in [0.1, 0.15) is 0 Å². The van der Waals surface area contributed by atoms with E-state index in [9.17, 15) is 9.90 Å². The highest BCUT2D eigenvalue weighted by molar-refractivity contribution is 6.07. The number of nitrogens with zero attached hydrogens (tertiary/aromatic N) is 2. The molecule has 5 nitrogen and oxygen atoms in total. The molecule has 134 valence electrons. The molecule has 1 saturated heterocycles. The van der Waals surface area contributed by atoms with Gasteiger partial charge in [-0.25, -0.2) is 0 Å². The minimum Gasteiger partial charge on any atom is -0.391 e. The number of hydrogen-bond donors (Lipinski definition) is 2. The van der Waals surface area contributed by atoms with Crippen LogP contribution in [0.25, 0.3) is 10.9 Å². The summed E-state index contributed by atoms with van der Waals surface area (Å²) in [6, 6.07) is 6.46. The number of para-hydroxylation sites is 1. The fourth-order valence-electron chi connectivity index (χ4n) is 4.46. The van der Waals surface area contributed by atoms with Gasteiger partial charge in [-0.3, -0.25) is 9.69 Å². The molecule has 1 aromatic heterocycles. The molecule has 4 rings (SSSR count). The number of aliphatic hydroxyl groups excluding tert-OH is 1. The van der Waals surface area contributed by atoms with Gasteiger partial charge in [-0.05, 0) is 31.2 Å². The molecule has 0 radical (unpaired) electrons. The van der Waals surface area contributed by atoms with Gasteiger partial charge < -0.3 is 15.0 Å². The molecule has 2 N–H and O–H groups in total. The van der Waals surface area contributed by atoms with Crippen LogP contribution in [0.5, 0.6) is 0 Å². The van der Waals surface area contributed by atoms with Crippen molar-refractivity contribution in [3.8, 4) is 0 Å². The highest BCUT2D eigenvalue weighted by Crippen LogP contribution is 2.27. The fraction of sp³-hybridized carbons (Fsp3) is 0.550. The van der Waals surface area contributed by atoms with Crippen molar-refractivity contribution >= 4 is 16.8 Å². The van der Waals surface area contributed by atoms with Crippen molar-refractivity contribution in [2.75, 3.05) is 26.2 Å². The van der Waals surface area contributed by atoms with Crippen molar-refractivity contribution < 1.29 is 9.90 Å². The van der Waals surface area contributed by atoms with E-state index in [1.807, 2.05) is 23.2 Å². The number of H-pyrrole nitrogens is 1. The van der Waals surface area contributed by atoms with Gasteiger partial charge in [-0.15, -0.1) is 0 Å². The molecule has 1 aromatic carbocycles. The van der Waals surface area contributed by atoms with Crippen LogP contribution in [0, 0.1) is 0 Å². The number of amides is 1. The summed E-state index contributed by atoms with van der Waals surface area (Å²) in [4.78, 5) is 20.6. The molecule has 0 bridgehead atoms. The van der Waals surface area contributed by atoms with E-state index in [0.29, 0.717) is 0 Å². The van der Waals surface area contributed by atoms with Gasteiger partial charge in [0.15, 0.2) is 0 Å². The third kappa shape index (κ3) is 2.96. The lowest BCUT2D eigenvalue weighted by Gasteiger charge is -2.39. The van der Waals surface area contributed by atoms with E-state index in [1.54, 1.807) is 0 Å². The van der Waals surface area contributed by atoms with Crippen molar-refractivity contribution in [1.29, 1.82) is 0 Å². The summed E-state index contributed by atoms with van der Waals surface area (Å²) in [5.41, 5.74) is 3.11. The molecule has 2 aliphatic rings. The van der Waals surface area contributed by atoms with E-state index in [2.05, 4.69) is 22.9 Å². The topological polar surface area (TPSA) is 59.6 Å². The van der Waals surface area contributed by atoms with Crippen molar-refractivity contribution in [2.45, 2.75) is 44.8 Å². The molecule has 2 unspecified atom stereocenters. The number of nitrogens with one attached hydrogen (secondary N) is 1. The van der Waals surface area contributed by atoms with Crippen molar-refractivity contribution in [1.82, 2.24) is 14.8 Å². The van der Waals surface area contributed by atoms with E-state index in [-0.39, 0.29) is 18.1 Å². The Morgan fingerprint density at radius 1 is 1.24 bits per heavy atom. The standard InChI is InChI=1S/C20H27N3O2/c1-2-14-5-3-6-15-16(13-21-19(14)15)20(25)23-11-9-22(10-12-23)17-7-4-8-18(17)24/h3,5-6,13,17-18,21,24H,2,4,7-12H2,1H3. The van der Waals surface area contributed by atoms with Crippen LogP contribution in [0.1, 0.15) is 42.1 Å². The highest BCUT2D eigenvalue weighted by atomic mass is 16.3. The molecule has 2 aromatic rings. The van der Waals surface area contributed by atoms with E-state index >= 15 is 0 Å². The molecule has 1 aliphatic carbocycles. The number of benzene rings is 1. The zero-order valence-electron chi connectivity index (χ0n) is 14.9. The average molecular weight is 341 g/mol. The van der Waals surface area contributed by atoms with E-state index in [0.717, 1.165) is 68.3 Å². The van der Waals surface area contributed by atoms with Gasteiger partial charge >= 0.3 is 0 Å². The summed E-state index contributed by atoms with van der Waals surface area (Å²) >= 11 is 0. The van der Waals surface area contributed by atoms with Crippen LogP contribution in [0.15, 0.2) is 24.4 Å². The lowest BCUT2D eigenvalue weighted by atomic mass is 10.1. The molecule has 0 spiro atoms. The van der Waals surface area contributed by atoms with Gasteiger partial charge in [0.05, 0.1) is 11.7 Å². The first-order chi connectivity index (χ1) is 12.2. The minimum absolute atomic E-state index is 0.117. The lowest BCUT2D eigenvalue weighted by molar-refractivity contribution is 0.0316. The number of carbonyl (C=O) groups excluding carboxylic acids is 1. The first kappa shape index (κ1) is 16.6. The Balaban J connectivity index is 1.48. The van der Waals surface area contributed by atoms with Gasteiger partial charge in [-0.2, -0.15) is 0 Å². The largest absolute Gasteiger partial charge is 0.391 e. The second-order valence-electron chi connectivity index (χ2n) is 7.29. The van der Waals surface area contributed by atoms with E-state index < -0.39 is 0 Å². The number of hydrogen-bond acceptors (Lipinski definition) is 3. The van der Waals surface area contributed by atoms with Gasteiger partial charge in [0, 0.05) is 49.3 Å². The Kier molecular flexibility index (Phi) is 4.52. The van der Waals surface area contributed by atoms with Crippen LogP contribution in [-0.4, -0.2) is 64.1 Å². The lowest BCUT2D eigenvalue weighted by Crippen LogP contribution is -2.53. The molecule has 1 saturated carbocycles. The SMILES string of the molecule is CCc1cccc2c(C(=O)N3CCN(C4CCCC4O)CC3)c[nH]c12. The number of fused-ring (bicyclic) bond motifs is 1. The van der Waals surface area contributed by atoms with Crippen molar-refractivity contribution in [3.05, 3.63) is 35.5 Å². The molecule has 2 atom stereocenters. The van der Waals surface area contributed by atoms with Crippen LogP contribution in [0.3, 0.4) is 0 Å². The number of piperazine rings is 1. The summed E-state index contributed by atoms with van der Waals surface area (Å²) in [6.45, 7) is 5.32. The van der Waals surface area contributed by atoms with Crippen LogP contribution in [0.4, 0.5) is 0 Å². The Labute approximate surface area is 148 Å². The molecule has 1 amide bonds. The van der Waals surface area contributed by atoms with E-state index in [1.165, 1.54) is 5.56 Å². The molecule has 2 heterocycles. The number of aromatic nitrogens is 1. The smallest absolute Gasteiger partial charge is 0.256 e.